The lowest BCUT2D eigenvalue weighted by molar-refractivity contribution is 0.198. The van der Waals surface area contributed by atoms with E-state index in [0.29, 0.717) is 12.6 Å². The molecule has 0 bridgehead atoms. The second kappa shape index (κ2) is 6.00. The Morgan fingerprint density at radius 1 is 1.43 bits per heavy atom. The van der Waals surface area contributed by atoms with Crippen LogP contribution in [0.4, 0.5) is 0 Å². The van der Waals surface area contributed by atoms with E-state index in [1.165, 1.54) is 12.8 Å². The van der Waals surface area contributed by atoms with Gasteiger partial charge in [-0.15, -0.1) is 0 Å². The van der Waals surface area contributed by atoms with E-state index in [-0.39, 0.29) is 0 Å². The van der Waals surface area contributed by atoms with Crippen LogP contribution in [0.5, 0.6) is 0 Å². The highest BCUT2D eigenvalue weighted by Gasteiger charge is 2.18. The van der Waals surface area contributed by atoms with Crippen molar-refractivity contribution in [2.24, 2.45) is 5.92 Å². The Kier molecular flexibility index (Phi) is 4.92. The first-order valence-electron chi connectivity index (χ1n) is 5.55. The quantitative estimate of drug-likeness (QED) is 0.686. The van der Waals surface area contributed by atoms with Gasteiger partial charge in [0.05, 0.1) is 12.6 Å². The largest absolute Gasteiger partial charge is 0.314 e. The monoisotopic (exact) mass is 195 g/mol. The van der Waals surface area contributed by atoms with Crippen molar-refractivity contribution in [3.8, 4) is 6.07 Å². The van der Waals surface area contributed by atoms with E-state index in [1.54, 1.807) is 0 Å². The Bertz CT molecular complexity index is 187. The Morgan fingerprint density at radius 2 is 2.07 bits per heavy atom. The maximum atomic E-state index is 8.56. The van der Waals surface area contributed by atoms with Gasteiger partial charge in [-0.3, -0.25) is 4.90 Å². The van der Waals surface area contributed by atoms with Gasteiger partial charge in [-0.05, 0) is 38.4 Å². The van der Waals surface area contributed by atoms with E-state index < -0.39 is 0 Å². The maximum absolute atomic E-state index is 8.56. The van der Waals surface area contributed by atoms with Gasteiger partial charge in [-0.2, -0.15) is 5.26 Å². The molecule has 0 atom stereocenters. The summed E-state index contributed by atoms with van der Waals surface area (Å²) in [4.78, 5) is 2.24. The summed E-state index contributed by atoms with van der Waals surface area (Å²) >= 11 is 0. The zero-order valence-electron chi connectivity index (χ0n) is 9.29. The van der Waals surface area contributed by atoms with Crippen molar-refractivity contribution in [2.45, 2.75) is 32.7 Å². The molecule has 1 aliphatic rings. The fourth-order valence-corrected chi connectivity index (χ4v) is 1.85. The lowest BCUT2D eigenvalue weighted by Gasteiger charge is -2.30. The van der Waals surface area contributed by atoms with Crippen LogP contribution in [0.15, 0.2) is 0 Å². The Hall–Kier alpha value is -0.590. The van der Waals surface area contributed by atoms with Crippen molar-refractivity contribution in [2.75, 3.05) is 26.2 Å². The standard InChI is InChI=1S/C11H21N3/c1-10(2)13-9-11-3-6-14(7-4-11)8-5-12/h10-11,13H,3-4,6-9H2,1-2H3. The first-order chi connectivity index (χ1) is 6.72. The average molecular weight is 195 g/mol. The van der Waals surface area contributed by atoms with Crippen LogP contribution in [0.3, 0.4) is 0 Å². The Labute approximate surface area is 87.1 Å². The molecule has 1 rings (SSSR count). The minimum atomic E-state index is 0.590. The van der Waals surface area contributed by atoms with Crippen LogP contribution in [0, 0.1) is 17.2 Å². The molecule has 0 aliphatic carbocycles. The highest BCUT2D eigenvalue weighted by atomic mass is 15.1. The molecular formula is C11H21N3. The molecule has 0 spiro atoms. The molecule has 0 aromatic heterocycles. The first kappa shape index (κ1) is 11.5. The van der Waals surface area contributed by atoms with Crippen molar-refractivity contribution < 1.29 is 0 Å². The van der Waals surface area contributed by atoms with E-state index in [1.807, 2.05) is 0 Å². The van der Waals surface area contributed by atoms with Gasteiger partial charge in [0.25, 0.3) is 0 Å². The molecule has 0 unspecified atom stereocenters. The summed E-state index contributed by atoms with van der Waals surface area (Å²) < 4.78 is 0. The molecule has 1 fully saturated rings. The summed E-state index contributed by atoms with van der Waals surface area (Å²) in [5, 5.41) is 12.0. The smallest absolute Gasteiger partial charge is 0.0865 e. The predicted octanol–water partition coefficient (Wildman–Crippen LogP) is 1.22. The van der Waals surface area contributed by atoms with Crippen molar-refractivity contribution in [1.29, 1.82) is 5.26 Å². The molecule has 0 saturated carbocycles. The molecule has 0 aromatic carbocycles. The number of hydrogen-bond acceptors (Lipinski definition) is 3. The molecule has 3 heteroatoms. The predicted molar refractivity (Wildman–Crippen MR) is 57.9 cm³/mol. The Morgan fingerprint density at radius 3 is 2.57 bits per heavy atom. The van der Waals surface area contributed by atoms with Crippen molar-refractivity contribution >= 4 is 0 Å². The lowest BCUT2D eigenvalue weighted by atomic mass is 9.96. The molecule has 1 aliphatic heterocycles. The average Bonchev–Trinajstić information content (AvgIpc) is 2.17. The van der Waals surface area contributed by atoms with E-state index in [0.717, 1.165) is 25.6 Å². The third-order valence-electron chi connectivity index (χ3n) is 2.82. The van der Waals surface area contributed by atoms with Crippen molar-refractivity contribution in [1.82, 2.24) is 10.2 Å². The highest BCUT2D eigenvalue weighted by molar-refractivity contribution is 4.81. The van der Waals surface area contributed by atoms with Gasteiger partial charge in [0.15, 0.2) is 0 Å². The molecule has 3 nitrogen and oxygen atoms in total. The van der Waals surface area contributed by atoms with Crippen LogP contribution in [0.25, 0.3) is 0 Å². The fraction of sp³-hybridized carbons (Fsp3) is 0.909. The maximum Gasteiger partial charge on any atom is 0.0865 e. The highest BCUT2D eigenvalue weighted by Crippen LogP contribution is 2.15. The normalized spacial score (nSPS) is 19.9. The molecule has 0 amide bonds. The SMILES string of the molecule is CC(C)NCC1CCN(CC#N)CC1. The lowest BCUT2D eigenvalue weighted by Crippen LogP contribution is -2.38. The van der Waals surface area contributed by atoms with Gasteiger partial charge in [-0.1, -0.05) is 13.8 Å². The topological polar surface area (TPSA) is 39.1 Å². The third kappa shape index (κ3) is 4.08. The van der Waals surface area contributed by atoms with Crippen molar-refractivity contribution in [3.63, 3.8) is 0 Å². The van der Waals surface area contributed by atoms with Gasteiger partial charge < -0.3 is 5.32 Å². The summed E-state index contributed by atoms with van der Waals surface area (Å²) in [6, 6.07) is 2.80. The summed E-state index contributed by atoms with van der Waals surface area (Å²) in [5.74, 6) is 0.812. The molecule has 80 valence electrons. The minimum absolute atomic E-state index is 0.590. The van der Waals surface area contributed by atoms with Crippen LogP contribution < -0.4 is 5.32 Å². The number of piperidine rings is 1. The summed E-state index contributed by atoms with van der Waals surface area (Å²) in [6.45, 7) is 8.30. The molecular weight excluding hydrogens is 174 g/mol. The first-order valence-corrected chi connectivity index (χ1v) is 5.55. The summed E-state index contributed by atoms with van der Waals surface area (Å²) in [5.41, 5.74) is 0. The van der Waals surface area contributed by atoms with Crippen LogP contribution >= 0.6 is 0 Å². The number of hydrogen-bond donors (Lipinski definition) is 1. The number of likely N-dealkylation sites (tertiary alicyclic amines) is 1. The van der Waals surface area contributed by atoms with Gasteiger partial charge >= 0.3 is 0 Å². The zero-order chi connectivity index (χ0) is 10.4. The van der Waals surface area contributed by atoms with Gasteiger partial charge in [0, 0.05) is 6.04 Å². The van der Waals surface area contributed by atoms with E-state index >= 15 is 0 Å². The second-order valence-corrected chi connectivity index (χ2v) is 4.44. The number of nitriles is 1. The fourth-order valence-electron chi connectivity index (χ4n) is 1.85. The number of nitrogens with zero attached hydrogens (tertiary/aromatic N) is 2. The van der Waals surface area contributed by atoms with E-state index in [2.05, 4.69) is 30.1 Å². The molecule has 0 aromatic rings. The van der Waals surface area contributed by atoms with Crippen LogP contribution in [-0.2, 0) is 0 Å². The summed E-state index contributed by atoms with van der Waals surface area (Å²) in [7, 11) is 0. The van der Waals surface area contributed by atoms with Crippen LogP contribution in [0.2, 0.25) is 0 Å². The molecule has 1 saturated heterocycles. The summed E-state index contributed by atoms with van der Waals surface area (Å²) in [6.07, 6.45) is 2.48. The number of rotatable bonds is 4. The van der Waals surface area contributed by atoms with Crippen molar-refractivity contribution in [3.05, 3.63) is 0 Å². The number of nitrogens with one attached hydrogen (secondary N) is 1. The van der Waals surface area contributed by atoms with E-state index in [9.17, 15) is 0 Å². The van der Waals surface area contributed by atoms with E-state index in [4.69, 9.17) is 5.26 Å². The van der Waals surface area contributed by atoms with Crippen LogP contribution in [0.1, 0.15) is 26.7 Å². The van der Waals surface area contributed by atoms with Gasteiger partial charge in [0.2, 0.25) is 0 Å². The third-order valence-corrected chi connectivity index (χ3v) is 2.82. The molecule has 14 heavy (non-hydrogen) atoms. The van der Waals surface area contributed by atoms with Gasteiger partial charge in [0.1, 0.15) is 0 Å². The molecule has 1 heterocycles. The van der Waals surface area contributed by atoms with Gasteiger partial charge in [-0.25, -0.2) is 0 Å². The molecule has 0 radical (unpaired) electrons. The minimum Gasteiger partial charge on any atom is -0.314 e. The second-order valence-electron chi connectivity index (χ2n) is 4.44. The zero-order valence-corrected chi connectivity index (χ0v) is 9.29. The Balaban J connectivity index is 2.13. The molecule has 1 N–H and O–H groups in total. The van der Waals surface area contributed by atoms with Crippen LogP contribution in [-0.4, -0.2) is 37.1 Å².